The van der Waals surface area contributed by atoms with Crippen molar-refractivity contribution in [2.45, 2.75) is 51.5 Å². The van der Waals surface area contributed by atoms with E-state index in [4.69, 9.17) is 0 Å². The van der Waals surface area contributed by atoms with Crippen molar-refractivity contribution in [2.75, 3.05) is 0 Å². The molecule has 1 amide bonds. The number of carbonyl (C=O) groups is 2. The summed E-state index contributed by atoms with van der Waals surface area (Å²) in [6, 6.07) is 0. The summed E-state index contributed by atoms with van der Waals surface area (Å²) in [5.41, 5.74) is -0.994. The van der Waals surface area contributed by atoms with Crippen molar-refractivity contribution in [1.29, 1.82) is 0 Å². The Labute approximate surface area is 102 Å². The molecule has 17 heavy (non-hydrogen) atoms. The molecule has 0 saturated heterocycles. The van der Waals surface area contributed by atoms with Crippen molar-refractivity contribution in [2.24, 2.45) is 17.8 Å². The van der Waals surface area contributed by atoms with Gasteiger partial charge < -0.3 is 10.4 Å². The first-order chi connectivity index (χ1) is 7.94. The molecule has 2 atom stereocenters. The van der Waals surface area contributed by atoms with Gasteiger partial charge in [-0.3, -0.25) is 4.79 Å². The number of nitrogens with one attached hydrogen (secondary N) is 1. The number of aliphatic carboxylic acids is 1. The summed E-state index contributed by atoms with van der Waals surface area (Å²) in [6.07, 6.45) is 3.80. The fourth-order valence-electron chi connectivity index (χ4n) is 2.66. The number of amides is 1. The number of hydrogen-bond donors (Lipinski definition) is 2. The van der Waals surface area contributed by atoms with E-state index in [0.717, 1.165) is 19.3 Å². The average Bonchev–Trinajstić information content (AvgIpc) is 2.99. The lowest BCUT2D eigenvalue weighted by Crippen LogP contribution is -2.56. The number of hydrogen-bond acceptors (Lipinski definition) is 2. The molecule has 2 unspecified atom stereocenters. The van der Waals surface area contributed by atoms with E-state index < -0.39 is 11.5 Å². The smallest absolute Gasteiger partial charge is 0.329 e. The van der Waals surface area contributed by atoms with Crippen LogP contribution in [0.1, 0.15) is 46.0 Å². The molecule has 0 spiro atoms. The van der Waals surface area contributed by atoms with Crippen molar-refractivity contribution in [3.05, 3.63) is 0 Å². The van der Waals surface area contributed by atoms with Crippen LogP contribution in [0.5, 0.6) is 0 Å². The van der Waals surface area contributed by atoms with Gasteiger partial charge in [-0.25, -0.2) is 4.79 Å². The van der Waals surface area contributed by atoms with E-state index in [2.05, 4.69) is 12.2 Å². The average molecular weight is 239 g/mol. The Bertz CT molecular complexity index is 332. The van der Waals surface area contributed by atoms with Crippen LogP contribution < -0.4 is 5.32 Å². The Kier molecular flexibility index (Phi) is 3.15. The molecular formula is C13H21NO3. The number of rotatable bonds is 3. The van der Waals surface area contributed by atoms with Crippen LogP contribution in [0, 0.1) is 17.8 Å². The second kappa shape index (κ2) is 4.31. The Morgan fingerprint density at radius 3 is 2.18 bits per heavy atom. The summed E-state index contributed by atoms with van der Waals surface area (Å²) >= 11 is 0. The minimum atomic E-state index is -0.994. The third-order valence-electron chi connectivity index (χ3n) is 4.35. The molecular weight excluding hydrogens is 218 g/mol. The highest BCUT2D eigenvalue weighted by atomic mass is 16.4. The lowest BCUT2D eigenvalue weighted by atomic mass is 9.77. The normalized spacial score (nSPS) is 40.7. The van der Waals surface area contributed by atoms with E-state index in [0.29, 0.717) is 24.7 Å². The first-order valence-electron chi connectivity index (χ1n) is 6.50. The zero-order valence-corrected chi connectivity index (χ0v) is 10.5. The quantitative estimate of drug-likeness (QED) is 0.789. The Balaban J connectivity index is 2.02. The van der Waals surface area contributed by atoms with E-state index in [1.807, 2.05) is 6.92 Å². The standard InChI is InChI=1S/C13H21NO3/c1-8-3-5-13(6-4-8,12(16)17)14-11(15)10-7-9(10)2/h8-10H,3-7H2,1-2H3,(H,14,15)(H,16,17). The summed E-state index contributed by atoms with van der Waals surface area (Å²) < 4.78 is 0. The summed E-state index contributed by atoms with van der Waals surface area (Å²) in [4.78, 5) is 23.3. The Morgan fingerprint density at radius 2 is 1.76 bits per heavy atom. The molecule has 0 bridgehead atoms. The molecule has 2 aliphatic rings. The second-order valence-electron chi connectivity index (χ2n) is 5.88. The van der Waals surface area contributed by atoms with Crippen molar-refractivity contribution >= 4 is 11.9 Å². The minimum absolute atomic E-state index is 0.0468. The van der Waals surface area contributed by atoms with Gasteiger partial charge in [0.25, 0.3) is 0 Å². The molecule has 0 radical (unpaired) electrons. The lowest BCUT2D eigenvalue weighted by molar-refractivity contribution is -0.150. The second-order valence-corrected chi connectivity index (χ2v) is 5.88. The summed E-state index contributed by atoms with van der Waals surface area (Å²) in [7, 11) is 0. The molecule has 0 aromatic carbocycles. The first kappa shape index (κ1) is 12.4. The highest BCUT2D eigenvalue weighted by molar-refractivity contribution is 5.89. The lowest BCUT2D eigenvalue weighted by Gasteiger charge is -2.36. The topological polar surface area (TPSA) is 66.4 Å². The molecule has 4 nitrogen and oxygen atoms in total. The van der Waals surface area contributed by atoms with Gasteiger partial charge in [-0.15, -0.1) is 0 Å². The molecule has 2 N–H and O–H groups in total. The van der Waals surface area contributed by atoms with Crippen LogP contribution in [0.2, 0.25) is 0 Å². The van der Waals surface area contributed by atoms with Crippen LogP contribution >= 0.6 is 0 Å². The van der Waals surface area contributed by atoms with Crippen LogP contribution in [-0.4, -0.2) is 22.5 Å². The highest BCUT2D eigenvalue weighted by Gasteiger charge is 2.47. The molecule has 0 aromatic rings. The van der Waals surface area contributed by atoms with Gasteiger partial charge in [-0.05, 0) is 43.9 Å². The highest BCUT2D eigenvalue weighted by Crippen LogP contribution is 2.39. The predicted octanol–water partition coefficient (Wildman–Crippen LogP) is 1.79. The van der Waals surface area contributed by atoms with Crippen molar-refractivity contribution < 1.29 is 14.7 Å². The zero-order chi connectivity index (χ0) is 12.6. The van der Waals surface area contributed by atoms with E-state index in [-0.39, 0.29) is 11.8 Å². The van der Waals surface area contributed by atoms with Gasteiger partial charge in [0, 0.05) is 5.92 Å². The van der Waals surface area contributed by atoms with E-state index in [9.17, 15) is 14.7 Å². The van der Waals surface area contributed by atoms with Gasteiger partial charge in [0.1, 0.15) is 5.54 Å². The minimum Gasteiger partial charge on any atom is -0.480 e. The summed E-state index contributed by atoms with van der Waals surface area (Å²) in [5, 5.41) is 12.2. The van der Waals surface area contributed by atoms with Crippen molar-refractivity contribution in [3.63, 3.8) is 0 Å². The molecule has 0 aromatic heterocycles. The third-order valence-corrected chi connectivity index (χ3v) is 4.35. The number of carboxylic acid groups (broad SMARTS) is 1. The van der Waals surface area contributed by atoms with Crippen molar-refractivity contribution in [3.8, 4) is 0 Å². The maximum atomic E-state index is 11.9. The van der Waals surface area contributed by atoms with Crippen LogP contribution in [-0.2, 0) is 9.59 Å². The van der Waals surface area contributed by atoms with Gasteiger partial charge in [-0.2, -0.15) is 0 Å². The number of carbonyl (C=O) groups excluding carboxylic acids is 1. The van der Waals surface area contributed by atoms with Crippen molar-refractivity contribution in [1.82, 2.24) is 5.32 Å². The Morgan fingerprint density at radius 1 is 1.24 bits per heavy atom. The van der Waals surface area contributed by atoms with Crippen LogP contribution in [0.25, 0.3) is 0 Å². The largest absolute Gasteiger partial charge is 0.480 e. The predicted molar refractivity (Wildman–Crippen MR) is 63.4 cm³/mol. The molecule has 96 valence electrons. The SMILES string of the molecule is CC1CCC(NC(=O)C2CC2C)(C(=O)O)CC1. The van der Waals surface area contributed by atoms with Gasteiger partial charge in [-0.1, -0.05) is 13.8 Å². The molecule has 2 saturated carbocycles. The maximum Gasteiger partial charge on any atom is 0.329 e. The van der Waals surface area contributed by atoms with E-state index >= 15 is 0 Å². The molecule has 2 fully saturated rings. The summed E-state index contributed by atoms with van der Waals surface area (Å²) in [5.74, 6) is 0.105. The van der Waals surface area contributed by atoms with Gasteiger partial charge in [0.05, 0.1) is 0 Å². The zero-order valence-electron chi connectivity index (χ0n) is 10.5. The van der Waals surface area contributed by atoms with Gasteiger partial charge in [0.2, 0.25) is 5.91 Å². The maximum absolute atomic E-state index is 11.9. The molecule has 2 aliphatic carbocycles. The summed E-state index contributed by atoms with van der Waals surface area (Å²) in [6.45, 7) is 4.16. The fourth-order valence-corrected chi connectivity index (χ4v) is 2.66. The molecule has 4 heteroatoms. The van der Waals surface area contributed by atoms with Crippen LogP contribution in [0.15, 0.2) is 0 Å². The molecule has 2 rings (SSSR count). The molecule has 0 heterocycles. The molecule has 0 aliphatic heterocycles. The number of carboxylic acids is 1. The van der Waals surface area contributed by atoms with E-state index in [1.165, 1.54) is 0 Å². The monoisotopic (exact) mass is 239 g/mol. The van der Waals surface area contributed by atoms with Gasteiger partial charge in [0.15, 0.2) is 0 Å². The third kappa shape index (κ3) is 2.45. The van der Waals surface area contributed by atoms with Crippen LogP contribution in [0.4, 0.5) is 0 Å². The van der Waals surface area contributed by atoms with Crippen LogP contribution in [0.3, 0.4) is 0 Å². The van der Waals surface area contributed by atoms with E-state index in [1.54, 1.807) is 0 Å². The Hall–Kier alpha value is -1.06. The van der Waals surface area contributed by atoms with Gasteiger partial charge >= 0.3 is 5.97 Å². The first-order valence-corrected chi connectivity index (χ1v) is 6.50. The fraction of sp³-hybridized carbons (Fsp3) is 0.846.